The lowest BCUT2D eigenvalue weighted by atomic mass is 9.98. The number of carbonyl (C=O) groups excluding carboxylic acids is 2. The van der Waals surface area contributed by atoms with E-state index in [1.54, 1.807) is 4.90 Å². The lowest BCUT2D eigenvalue weighted by Gasteiger charge is -2.32. The molecule has 3 atom stereocenters. The van der Waals surface area contributed by atoms with Crippen molar-refractivity contribution in [3.63, 3.8) is 0 Å². The van der Waals surface area contributed by atoms with Gasteiger partial charge in [0.25, 0.3) is 0 Å². The topological polar surface area (TPSA) is 84.7 Å². The molecule has 2 fully saturated rings. The van der Waals surface area contributed by atoms with E-state index in [4.69, 9.17) is 10.5 Å². The molecule has 2 amide bonds. The van der Waals surface area contributed by atoms with Gasteiger partial charge in [-0.05, 0) is 24.7 Å². The Balaban J connectivity index is 0.00000264. The normalized spacial score (nSPS) is 25.8. The molecule has 6 nitrogen and oxygen atoms in total. The van der Waals surface area contributed by atoms with Gasteiger partial charge in [0.1, 0.15) is 6.04 Å². The van der Waals surface area contributed by atoms with Crippen LogP contribution >= 0.6 is 12.4 Å². The number of nitrogens with one attached hydrogen (secondary N) is 1. The van der Waals surface area contributed by atoms with Crippen LogP contribution in [0.4, 0.5) is 0 Å². The van der Waals surface area contributed by atoms with E-state index in [0.717, 1.165) is 19.3 Å². The molecule has 1 aliphatic carbocycles. The molecule has 2 aliphatic rings. The van der Waals surface area contributed by atoms with Crippen LogP contribution in [-0.2, 0) is 14.3 Å². The van der Waals surface area contributed by atoms with Crippen LogP contribution in [0.25, 0.3) is 0 Å². The highest BCUT2D eigenvalue weighted by Crippen LogP contribution is 2.26. The maximum atomic E-state index is 12.6. The standard InChI is InChI=1S/C16H29N3O3.ClH/c1-11(2)15(16(21)19-6-8-22-9-7-19)18-14(20)10-12-4-3-5-13(12)17;/h11-13,15H,3-10,17H2,1-2H3,(H,18,20);1H/t12-,13+,15?;/m0./s1. The van der Waals surface area contributed by atoms with Gasteiger partial charge in [-0.2, -0.15) is 0 Å². The van der Waals surface area contributed by atoms with E-state index >= 15 is 0 Å². The van der Waals surface area contributed by atoms with E-state index < -0.39 is 6.04 Å². The molecule has 0 aromatic carbocycles. The number of hydrogen-bond acceptors (Lipinski definition) is 4. The SMILES string of the molecule is CC(C)C(NC(=O)C[C@@H]1CCC[C@H]1N)C(=O)N1CCOCC1.Cl. The predicted molar refractivity (Wildman–Crippen MR) is 91.3 cm³/mol. The summed E-state index contributed by atoms with van der Waals surface area (Å²) in [5.41, 5.74) is 6.03. The molecule has 0 spiro atoms. The summed E-state index contributed by atoms with van der Waals surface area (Å²) in [6.07, 6.45) is 3.54. The molecule has 134 valence electrons. The molecule has 0 radical (unpaired) electrons. The number of halogens is 1. The van der Waals surface area contributed by atoms with Gasteiger partial charge in [0.05, 0.1) is 13.2 Å². The van der Waals surface area contributed by atoms with Crippen LogP contribution in [0.15, 0.2) is 0 Å². The molecule has 1 unspecified atom stereocenters. The molecular formula is C16H30ClN3O3. The highest BCUT2D eigenvalue weighted by Gasteiger charge is 2.31. The van der Waals surface area contributed by atoms with Crippen LogP contribution < -0.4 is 11.1 Å². The van der Waals surface area contributed by atoms with Gasteiger partial charge in [-0.3, -0.25) is 9.59 Å². The third-order valence-corrected chi connectivity index (χ3v) is 4.74. The monoisotopic (exact) mass is 347 g/mol. The quantitative estimate of drug-likeness (QED) is 0.774. The lowest BCUT2D eigenvalue weighted by Crippen LogP contribution is -2.54. The van der Waals surface area contributed by atoms with Crippen LogP contribution in [0.3, 0.4) is 0 Å². The second-order valence-corrected chi connectivity index (χ2v) is 6.79. The number of ether oxygens (including phenoxy) is 1. The summed E-state index contributed by atoms with van der Waals surface area (Å²) in [7, 11) is 0. The van der Waals surface area contributed by atoms with Gasteiger partial charge in [-0.25, -0.2) is 0 Å². The third-order valence-electron chi connectivity index (χ3n) is 4.74. The zero-order chi connectivity index (χ0) is 16.1. The Bertz CT molecular complexity index is 400. The highest BCUT2D eigenvalue weighted by molar-refractivity contribution is 5.88. The fourth-order valence-corrected chi connectivity index (χ4v) is 3.28. The Morgan fingerprint density at radius 1 is 1.26 bits per heavy atom. The smallest absolute Gasteiger partial charge is 0.245 e. The average molecular weight is 348 g/mol. The third kappa shape index (κ3) is 5.62. The molecule has 0 bridgehead atoms. The Labute approximate surface area is 144 Å². The second kappa shape index (κ2) is 9.45. The Morgan fingerprint density at radius 3 is 2.43 bits per heavy atom. The first kappa shape index (κ1) is 20.2. The minimum Gasteiger partial charge on any atom is -0.378 e. The summed E-state index contributed by atoms with van der Waals surface area (Å²) in [6, 6.07) is -0.332. The van der Waals surface area contributed by atoms with Crippen molar-refractivity contribution in [3.8, 4) is 0 Å². The molecule has 1 saturated carbocycles. The van der Waals surface area contributed by atoms with Crippen molar-refractivity contribution in [2.75, 3.05) is 26.3 Å². The first-order chi connectivity index (χ1) is 10.5. The van der Waals surface area contributed by atoms with Crippen LogP contribution in [0.5, 0.6) is 0 Å². The van der Waals surface area contributed by atoms with Crippen LogP contribution in [0.1, 0.15) is 39.5 Å². The fraction of sp³-hybridized carbons (Fsp3) is 0.875. The van der Waals surface area contributed by atoms with E-state index in [1.165, 1.54) is 0 Å². The van der Waals surface area contributed by atoms with Gasteiger partial charge >= 0.3 is 0 Å². The number of carbonyl (C=O) groups is 2. The van der Waals surface area contributed by atoms with Crippen molar-refractivity contribution >= 4 is 24.2 Å². The second-order valence-electron chi connectivity index (χ2n) is 6.79. The molecule has 0 aromatic rings. The number of amides is 2. The summed E-state index contributed by atoms with van der Waals surface area (Å²) in [5, 5.41) is 2.93. The largest absolute Gasteiger partial charge is 0.378 e. The molecular weight excluding hydrogens is 318 g/mol. The van der Waals surface area contributed by atoms with Gasteiger partial charge in [-0.1, -0.05) is 20.3 Å². The summed E-state index contributed by atoms with van der Waals surface area (Å²) in [5.74, 6) is 0.271. The molecule has 7 heteroatoms. The molecule has 0 aromatic heterocycles. The zero-order valence-corrected chi connectivity index (χ0v) is 14.9. The molecule has 1 heterocycles. The van der Waals surface area contributed by atoms with E-state index in [1.807, 2.05) is 13.8 Å². The van der Waals surface area contributed by atoms with Gasteiger partial charge in [-0.15, -0.1) is 12.4 Å². The average Bonchev–Trinajstić information content (AvgIpc) is 2.90. The van der Waals surface area contributed by atoms with Crippen molar-refractivity contribution in [2.45, 2.75) is 51.6 Å². The number of rotatable bonds is 5. The molecule has 1 saturated heterocycles. The Hall–Kier alpha value is -0.850. The van der Waals surface area contributed by atoms with Gasteiger partial charge in [0, 0.05) is 25.6 Å². The number of nitrogens with zero attached hydrogens (tertiary/aromatic N) is 1. The highest BCUT2D eigenvalue weighted by atomic mass is 35.5. The van der Waals surface area contributed by atoms with Gasteiger partial charge in [0.2, 0.25) is 11.8 Å². The molecule has 23 heavy (non-hydrogen) atoms. The first-order valence-corrected chi connectivity index (χ1v) is 8.40. The van der Waals surface area contributed by atoms with Crippen molar-refractivity contribution in [2.24, 2.45) is 17.6 Å². The summed E-state index contributed by atoms with van der Waals surface area (Å²) in [6.45, 7) is 6.27. The molecule has 3 N–H and O–H groups in total. The van der Waals surface area contributed by atoms with Crippen molar-refractivity contribution in [1.29, 1.82) is 0 Å². The predicted octanol–water partition coefficient (Wildman–Crippen LogP) is 0.925. The van der Waals surface area contributed by atoms with Crippen LogP contribution in [0.2, 0.25) is 0 Å². The summed E-state index contributed by atoms with van der Waals surface area (Å²) in [4.78, 5) is 26.7. The fourth-order valence-electron chi connectivity index (χ4n) is 3.28. The summed E-state index contributed by atoms with van der Waals surface area (Å²) >= 11 is 0. The number of hydrogen-bond donors (Lipinski definition) is 2. The van der Waals surface area contributed by atoms with E-state index in [-0.39, 0.29) is 42.1 Å². The van der Waals surface area contributed by atoms with Crippen LogP contribution in [0, 0.1) is 11.8 Å². The van der Waals surface area contributed by atoms with Crippen molar-refractivity contribution < 1.29 is 14.3 Å². The van der Waals surface area contributed by atoms with E-state index in [2.05, 4.69) is 5.32 Å². The number of nitrogens with two attached hydrogens (primary N) is 1. The lowest BCUT2D eigenvalue weighted by molar-refractivity contribution is -0.141. The first-order valence-electron chi connectivity index (χ1n) is 8.40. The molecule has 2 rings (SSSR count). The number of morpholine rings is 1. The zero-order valence-electron chi connectivity index (χ0n) is 14.1. The van der Waals surface area contributed by atoms with Gasteiger partial charge < -0.3 is 20.7 Å². The van der Waals surface area contributed by atoms with Crippen molar-refractivity contribution in [3.05, 3.63) is 0 Å². The van der Waals surface area contributed by atoms with E-state index in [0.29, 0.717) is 32.7 Å². The maximum absolute atomic E-state index is 12.6. The van der Waals surface area contributed by atoms with Crippen molar-refractivity contribution in [1.82, 2.24) is 10.2 Å². The van der Waals surface area contributed by atoms with Crippen LogP contribution in [-0.4, -0.2) is 55.1 Å². The molecule has 1 aliphatic heterocycles. The Kier molecular flexibility index (Phi) is 8.29. The minimum atomic E-state index is -0.455. The Morgan fingerprint density at radius 2 is 1.91 bits per heavy atom. The minimum absolute atomic E-state index is 0. The van der Waals surface area contributed by atoms with E-state index in [9.17, 15) is 9.59 Å². The summed E-state index contributed by atoms with van der Waals surface area (Å²) < 4.78 is 5.28. The maximum Gasteiger partial charge on any atom is 0.245 e. The van der Waals surface area contributed by atoms with Gasteiger partial charge in [0.15, 0.2) is 0 Å².